The molecular formula is C11H14O2. The summed E-state index contributed by atoms with van der Waals surface area (Å²) >= 11 is 0. The van der Waals surface area contributed by atoms with Crippen molar-refractivity contribution in [1.82, 2.24) is 0 Å². The van der Waals surface area contributed by atoms with Crippen molar-refractivity contribution in [1.29, 1.82) is 0 Å². The Morgan fingerprint density at radius 2 is 2.23 bits per heavy atom. The van der Waals surface area contributed by atoms with E-state index in [-0.39, 0.29) is 12.0 Å². The lowest BCUT2D eigenvalue weighted by Crippen LogP contribution is -2.19. The number of hydrogen-bond acceptors (Lipinski definition) is 2. The molecule has 2 atom stereocenters. The van der Waals surface area contributed by atoms with E-state index >= 15 is 0 Å². The zero-order valence-electron chi connectivity index (χ0n) is 8.20. The highest BCUT2D eigenvalue weighted by Crippen LogP contribution is 2.15. The Bertz CT molecular complexity index is 290. The van der Waals surface area contributed by atoms with Gasteiger partial charge in [-0.25, -0.2) is 0 Å². The molecule has 0 bridgehead atoms. The van der Waals surface area contributed by atoms with Crippen molar-refractivity contribution < 1.29 is 9.15 Å². The van der Waals surface area contributed by atoms with Crippen LogP contribution in [0.25, 0.3) is 0 Å². The van der Waals surface area contributed by atoms with Gasteiger partial charge >= 0.3 is 0 Å². The Morgan fingerprint density at radius 3 is 2.77 bits per heavy atom. The van der Waals surface area contributed by atoms with Crippen molar-refractivity contribution >= 4 is 0 Å². The van der Waals surface area contributed by atoms with E-state index < -0.39 is 0 Å². The predicted molar refractivity (Wildman–Crippen MR) is 51.4 cm³/mol. The van der Waals surface area contributed by atoms with Crippen LogP contribution < -0.4 is 4.74 Å². The molecule has 0 saturated carbocycles. The molecule has 2 heteroatoms. The fourth-order valence-electron chi connectivity index (χ4n) is 0.961. The monoisotopic (exact) mass is 178 g/mol. The molecule has 0 aliphatic carbocycles. The highest BCUT2D eigenvalue weighted by atomic mass is 16.6. The van der Waals surface area contributed by atoms with Gasteiger partial charge < -0.3 is 9.15 Å². The molecule has 0 aliphatic heterocycles. The Balaban J connectivity index is 2.48. The lowest BCUT2D eigenvalue weighted by molar-refractivity contribution is 0.145. The fourth-order valence-corrected chi connectivity index (χ4v) is 0.961. The molecule has 13 heavy (non-hydrogen) atoms. The van der Waals surface area contributed by atoms with Crippen molar-refractivity contribution in [3.8, 4) is 17.8 Å². The molecule has 1 heterocycles. The SMILES string of the molecule is CC#CC(C)C(C)Oc1ccco1. The van der Waals surface area contributed by atoms with Gasteiger partial charge in [-0.15, -0.1) is 5.92 Å². The number of hydrogen-bond donors (Lipinski definition) is 0. The normalized spacial score (nSPS) is 14.1. The maximum atomic E-state index is 5.50. The molecular weight excluding hydrogens is 164 g/mol. The molecule has 1 rings (SSSR count). The zero-order chi connectivity index (χ0) is 9.68. The van der Waals surface area contributed by atoms with Gasteiger partial charge in [0.05, 0.1) is 12.2 Å². The fraction of sp³-hybridized carbons (Fsp3) is 0.455. The summed E-state index contributed by atoms with van der Waals surface area (Å²) in [6, 6.07) is 3.60. The van der Waals surface area contributed by atoms with Crippen LogP contribution >= 0.6 is 0 Å². The minimum absolute atomic E-state index is 0.0543. The van der Waals surface area contributed by atoms with Gasteiger partial charge in [-0.2, -0.15) is 0 Å². The highest BCUT2D eigenvalue weighted by molar-refractivity contribution is 5.07. The van der Waals surface area contributed by atoms with E-state index in [1.54, 1.807) is 18.4 Å². The predicted octanol–water partition coefficient (Wildman–Crippen LogP) is 2.71. The Labute approximate surface area is 78.9 Å². The maximum absolute atomic E-state index is 5.50. The average Bonchev–Trinajstić information content (AvgIpc) is 2.57. The summed E-state index contributed by atoms with van der Waals surface area (Å²) < 4.78 is 10.6. The highest BCUT2D eigenvalue weighted by Gasteiger charge is 2.11. The van der Waals surface area contributed by atoms with Crippen LogP contribution in [-0.4, -0.2) is 6.10 Å². The average molecular weight is 178 g/mol. The van der Waals surface area contributed by atoms with Gasteiger partial charge in [0.25, 0.3) is 5.95 Å². The summed E-state index contributed by atoms with van der Waals surface area (Å²) in [6.45, 7) is 5.84. The van der Waals surface area contributed by atoms with Crippen molar-refractivity contribution in [3.05, 3.63) is 18.4 Å². The van der Waals surface area contributed by atoms with Gasteiger partial charge in [0.2, 0.25) is 0 Å². The molecule has 0 N–H and O–H groups in total. The first-order valence-electron chi connectivity index (χ1n) is 4.36. The third kappa shape index (κ3) is 2.87. The molecule has 2 nitrogen and oxygen atoms in total. The van der Waals surface area contributed by atoms with Crippen LogP contribution in [0.1, 0.15) is 20.8 Å². The van der Waals surface area contributed by atoms with Gasteiger partial charge in [0.1, 0.15) is 6.10 Å². The molecule has 0 spiro atoms. The second-order valence-corrected chi connectivity index (χ2v) is 2.94. The van der Waals surface area contributed by atoms with Crippen molar-refractivity contribution in [3.63, 3.8) is 0 Å². The Morgan fingerprint density at radius 1 is 1.46 bits per heavy atom. The topological polar surface area (TPSA) is 22.4 Å². The summed E-state index contributed by atoms with van der Waals surface area (Å²) in [5.74, 6) is 6.68. The van der Waals surface area contributed by atoms with Crippen LogP contribution in [0.3, 0.4) is 0 Å². The second kappa shape index (κ2) is 4.61. The first kappa shape index (κ1) is 9.73. The van der Waals surface area contributed by atoms with Crippen LogP contribution in [-0.2, 0) is 0 Å². The lowest BCUT2D eigenvalue weighted by Gasteiger charge is -2.14. The molecule has 0 radical (unpaired) electrons. The Kier molecular flexibility index (Phi) is 3.45. The Hall–Kier alpha value is -1.36. The summed E-state index contributed by atoms with van der Waals surface area (Å²) in [5.41, 5.74) is 0. The van der Waals surface area contributed by atoms with Gasteiger partial charge in [-0.05, 0) is 26.8 Å². The molecule has 1 aromatic rings. The third-order valence-electron chi connectivity index (χ3n) is 1.87. The van der Waals surface area contributed by atoms with Gasteiger partial charge in [-0.3, -0.25) is 0 Å². The van der Waals surface area contributed by atoms with E-state index in [9.17, 15) is 0 Å². The second-order valence-electron chi connectivity index (χ2n) is 2.94. The first-order chi connectivity index (χ1) is 6.24. The van der Waals surface area contributed by atoms with E-state index in [4.69, 9.17) is 9.15 Å². The molecule has 0 aromatic carbocycles. The van der Waals surface area contributed by atoms with Crippen molar-refractivity contribution in [2.75, 3.05) is 0 Å². The van der Waals surface area contributed by atoms with E-state index in [1.807, 2.05) is 20.8 Å². The molecule has 0 aliphatic rings. The van der Waals surface area contributed by atoms with Gasteiger partial charge in [0, 0.05) is 6.07 Å². The number of furan rings is 1. The summed E-state index contributed by atoms with van der Waals surface area (Å²) in [4.78, 5) is 0. The van der Waals surface area contributed by atoms with E-state index in [2.05, 4.69) is 11.8 Å². The minimum Gasteiger partial charge on any atom is -0.461 e. The van der Waals surface area contributed by atoms with E-state index in [0.717, 1.165) is 0 Å². The van der Waals surface area contributed by atoms with Crippen molar-refractivity contribution in [2.24, 2.45) is 5.92 Å². The van der Waals surface area contributed by atoms with E-state index in [1.165, 1.54) is 0 Å². The standard InChI is InChI=1S/C11H14O2/c1-4-6-9(2)10(3)13-11-7-5-8-12-11/h5,7-10H,1-3H3. The maximum Gasteiger partial charge on any atom is 0.284 e. The summed E-state index contributed by atoms with van der Waals surface area (Å²) in [7, 11) is 0. The molecule has 2 unspecified atom stereocenters. The number of ether oxygens (including phenoxy) is 1. The molecule has 1 aromatic heterocycles. The summed E-state index contributed by atoms with van der Waals surface area (Å²) in [5, 5.41) is 0. The van der Waals surface area contributed by atoms with Crippen LogP contribution in [0.5, 0.6) is 5.95 Å². The zero-order valence-corrected chi connectivity index (χ0v) is 8.20. The summed E-state index contributed by atoms with van der Waals surface area (Å²) in [6.07, 6.45) is 1.65. The van der Waals surface area contributed by atoms with Crippen LogP contribution in [0.15, 0.2) is 22.8 Å². The quantitative estimate of drug-likeness (QED) is 0.664. The largest absolute Gasteiger partial charge is 0.461 e. The van der Waals surface area contributed by atoms with E-state index in [0.29, 0.717) is 5.95 Å². The first-order valence-corrected chi connectivity index (χ1v) is 4.36. The van der Waals surface area contributed by atoms with Crippen LogP contribution in [0.4, 0.5) is 0 Å². The van der Waals surface area contributed by atoms with Crippen LogP contribution in [0, 0.1) is 17.8 Å². The molecule has 0 amide bonds. The minimum atomic E-state index is 0.0543. The smallest absolute Gasteiger partial charge is 0.284 e. The molecule has 0 fully saturated rings. The van der Waals surface area contributed by atoms with Gasteiger partial charge in [0.15, 0.2) is 0 Å². The van der Waals surface area contributed by atoms with Crippen LogP contribution in [0.2, 0.25) is 0 Å². The molecule has 70 valence electrons. The number of rotatable bonds is 3. The molecule has 0 saturated heterocycles. The lowest BCUT2D eigenvalue weighted by atomic mass is 10.1. The third-order valence-corrected chi connectivity index (χ3v) is 1.87. The van der Waals surface area contributed by atoms with Crippen molar-refractivity contribution in [2.45, 2.75) is 26.9 Å². The van der Waals surface area contributed by atoms with Gasteiger partial charge in [-0.1, -0.05) is 5.92 Å².